The van der Waals surface area contributed by atoms with Crippen molar-refractivity contribution in [3.05, 3.63) is 24.4 Å². The molecular formula is C13H20N4O. The molecule has 0 fully saturated rings. The fourth-order valence-corrected chi connectivity index (χ4v) is 1.99. The van der Waals surface area contributed by atoms with E-state index in [2.05, 4.69) is 28.6 Å². The quantitative estimate of drug-likeness (QED) is 0.853. The fraction of sp³-hybridized carbons (Fsp3) is 0.538. The van der Waals surface area contributed by atoms with E-state index in [4.69, 9.17) is 10.3 Å². The van der Waals surface area contributed by atoms with Crippen LogP contribution in [0.25, 0.3) is 11.4 Å². The third-order valence-corrected chi connectivity index (χ3v) is 2.93. The Kier molecular flexibility index (Phi) is 4.15. The van der Waals surface area contributed by atoms with Crippen molar-refractivity contribution in [2.75, 3.05) is 0 Å². The highest BCUT2D eigenvalue weighted by Crippen LogP contribution is 2.23. The SMILES string of the molecule is CCCC(N)c1cc(-c2cncn2CCC)no1. The van der Waals surface area contributed by atoms with Crippen molar-refractivity contribution in [3.63, 3.8) is 0 Å². The molecule has 0 bridgehead atoms. The molecule has 2 heterocycles. The molecule has 0 amide bonds. The van der Waals surface area contributed by atoms with Gasteiger partial charge in [-0.05, 0) is 12.8 Å². The largest absolute Gasteiger partial charge is 0.359 e. The zero-order valence-corrected chi connectivity index (χ0v) is 11.0. The molecule has 5 heteroatoms. The van der Waals surface area contributed by atoms with E-state index in [1.165, 1.54) is 0 Å². The first-order valence-electron chi connectivity index (χ1n) is 6.49. The molecule has 0 aliphatic carbocycles. The molecule has 0 spiro atoms. The van der Waals surface area contributed by atoms with Gasteiger partial charge in [-0.15, -0.1) is 0 Å². The van der Waals surface area contributed by atoms with E-state index >= 15 is 0 Å². The maximum Gasteiger partial charge on any atom is 0.154 e. The second kappa shape index (κ2) is 5.82. The Morgan fingerprint density at radius 2 is 2.22 bits per heavy atom. The van der Waals surface area contributed by atoms with Crippen LogP contribution in [0.4, 0.5) is 0 Å². The zero-order valence-electron chi connectivity index (χ0n) is 11.0. The Morgan fingerprint density at radius 3 is 2.94 bits per heavy atom. The molecule has 0 aliphatic rings. The summed E-state index contributed by atoms with van der Waals surface area (Å²) < 4.78 is 7.40. The summed E-state index contributed by atoms with van der Waals surface area (Å²) in [4.78, 5) is 4.16. The maximum absolute atomic E-state index is 6.01. The molecule has 0 radical (unpaired) electrons. The van der Waals surface area contributed by atoms with Gasteiger partial charge in [0.15, 0.2) is 5.76 Å². The first-order valence-corrected chi connectivity index (χ1v) is 6.49. The van der Waals surface area contributed by atoms with Gasteiger partial charge in [0.1, 0.15) is 5.69 Å². The highest BCUT2D eigenvalue weighted by atomic mass is 16.5. The van der Waals surface area contributed by atoms with Crippen molar-refractivity contribution in [1.29, 1.82) is 0 Å². The summed E-state index contributed by atoms with van der Waals surface area (Å²) in [6.45, 7) is 5.17. The molecule has 1 atom stereocenters. The van der Waals surface area contributed by atoms with E-state index in [0.29, 0.717) is 0 Å². The Labute approximate surface area is 107 Å². The maximum atomic E-state index is 6.01. The van der Waals surface area contributed by atoms with Crippen LogP contribution in [0.5, 0.6) is 0 Å². The van der Waals surface area contributed by atoms with Gasteiger partial charge in [0, 0.05) is 12.6 Å². The van der Waals surface area contributed by atoms with E-state index in [0.717, 1.165) is 43.0 Å². The smallest absolute Gasteiger partial charge is 0.154 e. The highest BCUT2D eigenvalue weighted by molar-refractivity contribution is 5.53. The van der Waals surface area contributed by atoms with Gasteiger partial charge in [-0.3, -0.25) is 0 Å². The third kappa shape index (κ3) is 2.61. The molecule has 0 aromatic carbocycles. The van der Waals surface area contributed by atoms with Crippen molar-refractivity contribution in [3.8, 4) is 11.4 Å². The van der Waals surface area contributed by atoms with E-state index in [1.807, 2.05) is 18.6 Å². The number of nitrogens with zero attached hydrogens (tertiary/aromatic N) is 3. The molecule has 2 N–H and O–H groups in total. The van der Waals surface area contributed by atoms with Crippen molar-refractivity contribution in [1.82, 2.24) is 14.7 Å². The zero-order chi connectivity index (χ0) is 13.0. The summed E-state index contributed by atoms with van der Waals surface area (Å²) in [5.41, 5.74) is 7.80. The average molecular weight is 248 g/mol. The molecular weight excluding hydrogens is 228 g/mol. The third-order valence-electron chi connectivity index (χ3n) is 2.93. The second-order valence-electron chi connectivity index (χ2n) is 4.48. The van der Waals surface area contributed by atoms with Crippen LogP contribution in [0.3, 0.4) is 0 Å². The summed E-state index contributed by atoms with van der Waals surface area (Å²) in [5, 5.41) is 4.09. The molecule has 0 saturated heterocycles. The van der Waals surface area contributed by atoms with Gasteiger partial charge in [0.05, 0.1) is 24.3 Å². The normalized spacial score (nSPS) is 12.8. The van der Waals surface area contributed by atoms with Crippen molar-refractivity contribution in [2.24, 2.45) is 5.73 Å². The number of nitrogens with two attached hydrogens (primary N) is 1. The van der Waals surface area contributed by atoms with Gasteiger partial charge < -0.3 is 14.8 Å². The lowest BCUT2D eigenvalue weighted by Crippen LogP contribution is -2.08. The lowest BCUT2D eigenvalue weighted by Gasteiger charge is -2.04. The van der Waals surface area contributed by atoms with Gasteiger partial charge in [-0.1, -0.05) is 25.4 Å². The Hall–Kier alpha value is -1.62. The summed E-state index contributed by atoms with van der Waals surface area (Å²) in [6.07, 6.45) is 6.62. The molecule has 5 nitrogen and oxygen atoms in total. The number of aromatic nitrogens is 3. The van der Waals surface area contributed by atoms with Gasteiger partial charge >= 0.3 is 0 Å². The lowest BCUT2D eigenvalue weighted by atomic mass is 10.1. The number of rotatable bonds is 6. The number of hydrogen-bond donors (Lipinski definition) is 1. The predicted molar refractivity (Wildman–Crippen MR) is 69.9 cm³/mol. The molecule has 2 aromatic heterocycles. The summed E-state index contributed by atoms with van der Waals surface area (Å²) in [6, 6.07) is 1.85. The minimum atomic E-state index is -0.0706. The van der Waals surface area contributed by atoms with Gasteiger partial charge in [0.25, 0.3) is 0 Å². The molecule has 2 rings (SSSR count). The van der Waals surface area contributed by atoms with Crippen molar-refractivity contribution < 1.29 is 4.52 Å². The predicted octanol–water partition coefficient (Wildman–Crippen LogP) is 2.75. The number of hydrogen-bond acceptors (Lipinski definition) is 4. The fourth-order valence-electron chi connectivity index (χ4n) is 1.99. The first-order chi connectivity index (χ1) is 8.76. The van der Waals surface area contributed by atoms with Crippen LogP contribution >= 0.6 is 0 Å². The molecule has 0 saturated carbocycles. The Balaban J connectivity index is 2.21. The van der Waals surface area contributed by atoms with Gasteiger partial charge in [-0.25, -0.2) is 4.98 Å². The Morgan fingerprint density at radius 1 is 1.39 bits per heavy atom. The van der Waals surface area contributed by atoms with Gasteiger partial charge in [0.2, 0.25) is 0 Å². The summed E-state index contributed by atoms with van der Waals surface area (Å²) in [5.74, 6) is 0.746. The minimum absolute atomic E-state index is 0.0706. The lowest BCUT2D eigenvalue weighted by molar-refractivity contribution is 0.356. The number of imidazole rings is 1. The standard InChI is InChI=1S/C13H20N4O/c1-3-5-10(14)13-7-11(16-18-13)12-8-15-9-17(12)6-4-2/h7-10H,3-6,14H2,1-2H3. The van der Waals surface area contributed by atoms with E-state index in [1.54, 1.807) is 0 Å². The summed E-state index contributed by atoms with van der Waals surface area (Å²) in [7, 11) is 0. The average Bonchev–Trinajstić information content (AvgIpc) is 2.97. The molecule has 1 unspecified atom stereocenters. The molecule has 2 aromatic rings. The summed E-state index contributed by atoms with van der Waals surface area (Å²) >= 11 is 0. The number of aryl methyl sites for hydroxylation is 1. The second-order valence-corrected chi connectivity index (χ2v) is 4.48. The van der Waals surface area contributed by atoms with Crippen LogP contribution < -0.4 is 5.73 Å². The van der Waals surface area contributed by atoms with E-state index in [9.17, 15) is 0 Å². The molecule has 18 heavy (non-hydrogen) atoms. The molecule has 0 aliphatic heterocycles. The van der Waals surface area contributed by atoms with E-state index < -0.39 is 0 Å². The van der Waals surface area contributed by atoms with Crippen LogP contribution in [0.1, 0.15) is 44.9 Å². The van der Waals surface area contributed by atoms with Crippen LogP contribution in [0.2, 0.25) is 0 Å². The topological polar surface area (TPSA) is 69.9 Å². The Bertz CT molecular complexity index is 489. The van der Waals surface area contributed by atoms with Crippen LogP contribution in [0, 0.1) is 0 Å². The molecule has 98 valence electrons. The van der Waals surface area contributed by atoms with Crippen molar-refractivity contribution in [2.45, 2.75) is 45.7 Å². The minimum Gasteiger partial charge on any atom is -0.359 e. The first kappa shape index (κ1) is 12.8. The van der Waals surface area contributed by atoms with Crippen LogP contribution in [0.15, 0.2) is 23.1 Å². The van der Waals surface area contributed by atoms with Crippen LogP contribution in [-0.2, 0) is 6.54 Å². The van der Waals surface area contributed by atoms with Crippen molar-refractivity contribution >= 4 is 0 Å². The highest BCUT2D eigenvalue weighted by Gasteiger charge is 2.15. The monoisotopic (exact) mass is 248 g/mol. The van der Waals surface area contributed by atoms with E-state index in [-0.39, 0.29) is 6.04 Å². The van der Waals surface area contributed by atoms with Gasteiger partial charge in [-0.2, -0.15) is 0 Å². The van der Waals surface area contributed by atoms with Crippen LogP contribution in [-0.4, -0.2) is 14.7 Å².